The largest absolute Gasteiger partial charge is 0.329 e. The highest BCUT2D eigenvalue weighted by molar-refractivity contribution is 5.85. The summed E-state index contributed by atoms with van der Waals surface area (Å²) in [6.07, 6.45) is 2.87. The lowest BCUT2D eigenvalue weighted by atomic mass is 9.77. The van der Waals surface area contributed by atoms with E-state index in [-0.39, 0.29) is 11.2 Å². The third-order valence-corrected chi connectivity index (χ3v) is 2.99. The Morgan fingerprint density at radius 2 is 1.93 bits per heavy atom. The van der Waals surface area contributed by atoms with Gasteiger partial charge in [-0.3, -0.25) is 4.79 Å². The van der Waals surface area contributed by atoms with Crippen LogP contribution in [0.1, 0.15) is 46.5 Å². The Bertz CT molecular complexity index is 222. The molecule has 0 unspecified atom stereocenters. The van der Waals surface area contributed by atoms with Gasteiger partial charge in [0.2, 0.25) is 0 Å². The molecule has 0 bridgehead atoms. The standard InChI is InChI=1S/C12H21NO/c1-4-7-8-9-11(14)12(5-2,6-3)10-13/h5-6,8-10,13H2,1-3H3. The highest BCUT2D eigenvalue weighted by atomic mass is 16.1. The molecule has 0 aliphatic heterocycles. The van der Waals surface area contributed by atoms with Gasteiger partial charge in [-0.15, -0.1) is 11.8 Å². The van der Waals surface area contributed by atoms with E-state index in [0.29, 0.717) is 19.4 Å². The van der Waals surface area contributed by atoms with Crippen LogP contribution >= 0.6 is 0 Å². The molecule has 0 fully saturated rings. The van der Waals surface area contributed by atoms with Gasteiger partial charge in [0.1, 0.15) is 5.78 Å². The smallest absolute Gasteiger partial charge is 0.141 e. The molecule has 2 heteroatoms. The minimum Gasteiger partial charge on any atom is -0.329 e. The quantitative estimate of drug-likeness (QED) is 0.660. The van der Waals surface area contributed by atoms with Gasteiger partial charge >= 0.3 is 0 Å². The molecule has 0 atom stereocenters. The molecule has 0 heterocycles. The number of nitrogens with two attached hydrogens (primary N) is 1. The van der Waals surface area contributed by atoms with Crippen molar-refractivity contribution in [2.45, 2.75) is 46.5 Å². The molecular formula is C12H21NO. The molecule has 0 aliphatic carbocycles. The van der Waals surface area contributed by atoms with Gasteiger partial charge < -0.3 is 5.73 Å². The lowest BCUT2D eigenvalue weighted by Gasteiger charge is -2.28. The number of carbonyl (C=O) groups is 1. The molecule has 0 rings (SSSR count). The van der Waals surface area contributed by atoms with Gasteiger partial charge in [-0.2, -0.15) is 0 Å². The van der Waals surface area contributed by atoms with Crippen molar-refractivity contribution in [1.29, 1.82) is 0 Å². The zero-order chi connectivity index (χ0) is 11.0. The van der Waals surface area contributed by atoms with E-state index in [4.69, 9.17) is 5.73 Å². The maximum absolute atomic E-state index is 11.9. The minimum atomic E-state index is -0.296. The lowest BCUT2D eigenvalue weighted by molar-refractivity contribution is -0.128. The van der Waals surface area contributed by atoms with Crippen LogP contribution in [-0.2, 0) is 4.79 Å². The number of rotatable bonds is 6. The van der Waals surface area contributed by atoms with Crippen LogP contribution in [0.4, 0.5) is 0 Å². The van der Waals surface area contributed by atoms with E-state index in [1.165, 1.54) is 0 Å². The molecule has 2 N–H and O–H groups in total. The molecule has 0 saturated carbocycles. The van der Waals surface area contributed by atoms with Crippen LogP contribution < -0.4 is 5.73 Å². The van der Waals surface area contributed by atoms with Gasteiger partial charge in [0.15, 0.2) is 0 Å². The summed E-state index contributed by atoms with van der Waals surface area (Å²) in [5.41, 5.74) is 5.38. The first-order valence-electron chi connectivity index (χ1n) is 5.29. The normalized spacial score (nSPS) is 10.6. The first-order valence-corrected chi connectivity index (χ1v) is 5.29. The van der Waals surface area contributed by atoms with Crippen molar-refractivity contribution >= 4 is 5.78 Å². The molecule has 0 aromatic carbocycles. The van der Waals surface area contributed by atoms with Gasteiger partial charge in [0.25, 0.3) is 0 Å². The van der Waals surface area contributed by atoms with Gasteiger partial charge in [-0.05, 0) is 19.8 Å². The molecule has 0 radical (unpaired) electrons. The third kappa shape index (κ3) is 3.16. The average Bonchev–Trinajstić information content (AvgIpc) is 2.22. The van der Waals surface area contributed by atoms with E-state index in [2.05, 4.69) is 11.8 Å². The predicted molar refractivity (Wildman–Crippen MR) is 59.8 cm³/mol. The van der Waals surface area contributed by atoms with Crippen molar-refractivity contribution < 1.29 is 4.79 Å². The fourth-order valence-electron chi connectivity index (χ4n) is 1.61. The first kappa shape index (κ1) is 13.2. The first-order chi connectivity index (χ1) is 6.66. The van der Waals surface area contributed by atoms with E-state index in [9.17, 15) is 4.79 Å². The van der Waals surface area contributed by atoms with Gasteiger partial charge in [-0.1, -0.05) is 13.8 Å². The zero-order valence-corrected chi connectivity index (χ0v) is 9.52. The summed E-state index contributed by atoms with van der Waals surface area (Å²) < 4.78 is 0. The predicted octanol–water partition coefficient (Wildman–Crippen LogP) is 2.12. The monoisotopic (exact) mass is 195 g/mol. The zero-order valence-electron chi connectivity index (χ0n) is 9.52. The molecule has 0 aliphatic rings. The van der Waals surface area contributed by atoms with E-state index in [1.54, 1.807) is 6.92 Å². The van der Waals surface area contributed by atoms with E-state index < -0.39 is 0 Å². The SMILES string of the molecule is CC#CCCC(=O)C(CC)(CC)CN. The van der Waals surface area contributed by atoms with Crippen molar-refractivity contribution in [2.75, 3.05) is 6.54 Å². The van der Waals surface area contributed by atoms with Gasteiger partial charge in [0, 0.05) is 24.8 Å². The van der Waals surface area contributed by atoms with Crippen LogP contribution in [0, 0.1) is 17.3 Å². The van der Waals surface area contributed by atoms with Crippen molar-refractivity contribution in [3.63, 3.8) is 0 Å². The molecule has 0 saturated heterocycles. The Labute approximate surface area is 87.3 Å². The van der Waals surface area contributed by atoms with Crippen molar-refractivity contribution in [2.24, 2.45) is 11.1 Å². The fourth-order valence-corrected chi connectivity index (χ4v) is 1.61. The summed E-state index contributed by atoms with van der Waals surface area (Å²) >= 11 is 0. The second-order valence-electron chi connectivity index (χ2n) is 3.54. The van der Waals surface area contributed by atoms with E-state index in [1.807, 2.05) is 13.8 Å². The molecule has 0 aromatic rings. The maximum Gasteiger partial charge on any atom is 0.141 e. The van der Waals surface area contributed by atoms with Crippen LogP contribution in [0.15, 0.2) is 0 Å². The molecule has 0 amide bonds. The summed E-state index contributed by atoms with van der Waals surface area (Å²) in [5.74, 6) is 5.98. The second kappa shape index (κ2) is 6.62. The topological polar surface area (TPSA) is 43.1 Å². The third-order valence-electron chi connectivity index (χ3n) is 2.99. The lowest BCUT2D eigenvalue weighted by Crippen LogP contribution is -2.37. The Kier molecular flexibility index (Phi) is 6.23. The summed E-state index contributed by atoms with van der Waals surface area (Å²) in [5, 5.41) is 0. The van der Waals surface area contributed by atoms with Gasteiger partial charge in [0.05, 0.1) is 0 Å². The molecule has 0 spiro atoms. The van der Waals surface area contributed by atoms with Crippen molar-refractivity contribution in [3.05, 3.63) is 0 Å². The number of hydrogen-bond acceptors (Lipinski definition) is 2. The highest BCUT2D eigenvalue weighted by Gasteiger charge is 2.31. The number of hydrogen-bond donors (Lipinski definition) is 1. The van der Waals surface area contributed by atoms with Crippen LogP contribution in [0.3, 0.4) is 0 Å². The van der Waals surface area contributed by atoms with Crippen molar-refractivity contribution in [3.8, 4) is 11.8 Å². The summed E-state index contributed by atoms with van der Waals surface area (Å²) in [7, 11) is 0. The van der Waals surface area contributed by atoms with Crippen LogP contribution in [0.25, 0.3) is 0 Å². The van der Waals surface area contributed by atoms with E-state index in [0.717, 1.165) is 12.8 Å². The van der Waals surface area contributed by atoms with E-state index >= 15 is 0 Å². The average molecular weight is 195 g/mol. The number of carbonyl (C=O) groups excluding carboxylic acids is 1. The summed E-state index contributed by atoms with van der Waals surface area (Å²) in [6.45, 7) is 6.30. The van der Waals surface area contributed by atoms with Crippen LogP contribution in [-0.4, -0.2) is 12.3 Å². The summed E-state index contributed by atoms with van der Waals surface area (Å²) in [4.78, 5) is 11.9. The Balaban J connectivity index is 4.34. The fraction of sp³-hybridized carbons (Fsp3) is 0.750. The minimum absolute atomic E-state index is 0.271. The van der Waals surface area contributed by atoms with Crippen molar-refractivity contribution in [1.82, 2.24) is 0 Å². The molecular weight excluding hydrogens is 174 g/mol. The highest BCUT2D eigenvalue weighted by Crippen LogP contribution is 2.27. The molecule has 80 valence electrons. The summed E-state index contributed by atoms with van der Waals surface area (Å²) in [6, 6.07) is 0. The Hall–Kier alpha value is -0.810. The molecule has 0 aromatic heterocycles. The second-order valence-corrected chi connectivity index (χ2v) is 3.54. The number of Topliss-reactive ketones (excluding diaryl/α,β-unsaturated/α-hetero) is 1. The molecule has 14 heavy (non-hydrogen) atoms. The van der Waals surface area contributed by atoms with Crippen LogP contribution in [0.2, 0.25) is 0 Å². The maximum atomic E-state index is 11.9. The van der Waals surface area contributed by atoms with Crippen LogP contribution in [0.5, 0.6) is 0 Å². The Morgan fingerprint density at radius 3 is 2.29 bits per heavy atom. The molecule has 2 nitrogen and oxygen atoms in total. The number of ketones is 1. The van der Waals surface area contributed by atoms with Gasteiger partial charge in [-0.25, -0.2) is 0 Å². The Morgan fingerprint density at radius 1 is 1.36 bits per heavy atom.